The lowest BCUT2D eigenvalue weighted by Crippen LogP contribution is -2.58. The minimum Gasteiger partial charge on any atom is -0.391 e. The number of hydrogen-bond donors (Lipinski definition) is 4. The van der Waals surface area contributed by atoms with Gasteiger partial charge in [0, 0.05) is 19.5 Å². The summed E-state index contributed by atoms with van der Waals surface area (Å²) in [4.78, 5) is 45.5. The molecule has 0 bridgehead atoms. The SMILES string of the molecule is CNCC(=O)N[C@H](C(=O)N1C[C@H](O)C[C@H]1C(=O)NCc1ccc(-c2scnc2C)cc1)C(C)(C)C. The van der Waals surface area contributed by atoms with E-state index in [0.717, 1.165) is 21.7 Å². The van der Waals surface area contributed by atoms with Crippen molar-refractivity contribution in [3.63, 3.8) is 0 Å². The Morgan fingerprint density at radius 3 is 2.49 bits per heavy atom. The number of β-amino-alcohol motifs (C(OH)–C–C–N with tert-alkyl or cyclic N) is 1. The number of nitrogens with zero attached hydrogens (tertiary/aromatic N) is 2. The number of aliphatic hydroxyl groups is 1. The zero-order valence-corrected chi connectivity index (χ0v) is 21.7. The number of carbonyl (C=O) groups is 3. The molecule has 3 amide bonds. The Hall–Kier alpha value is -2.82. The molecule has 0 spiro atoms. The van der Waals surface area contributed by atoms with Crippen LogP contribution in [0.15, 0.2) is 29.8 Å². The van der Waals surface area contributed by atoms with Gasteiger partial charge in [0.1, 0.15) is 12.1 Å². The molecule has 0 unspecified atom stereocenters. The third-order valence-electron chi connectivity index (χ3n) is 6.05. The maximum Gasteiger partial charge on any atom is 0.246 e. The normalized spacial score (nSPS) is 18.9. The van der Waals surface area contributed by atoms with Crippen molar-refractivity contribution < 1.29 is 19.5 Å². The van der Waals surface area contributed by atoms with E-state index < -0.39 is 23.6 Å². The second kappa shape index (κ2) is 11.3. The van der Waals surface area contributed by atoms with Gasteiger partial charge in [-0.1, -0.05) is 45.0 Å². The van der Waals surface area contributed by atoms with E-state index in [0.29, 0.717) is 6.54 Å². The molecule has 35 heavy (non-hydrogen) atoms. The molecule has 0 saturated carbocycles. The van der Waals surface area contributed by atoms with Gasteiger partial charge in [-0.05, 0) is 30.5 Å². The molecule has 4 N–H and O–H groups in total. The number of thiazole rings is 1. The first-order valence-electron chi connectivity index (χ1n) is 11.7. The predicted molar refractivity (Wildman–Crippen MR) is 136 cm³/mol. The molecule has 10 heteroatoms. The van der Waals surface area contributed by atoms with Gasteiger partial charge in [-0.25, -0.2) is 4.98 Å². The van der Waals surface area contributed by atoms with Crippen LogP contribution in [0.25, 0.3) is 10.4 Å². The number of amides is 3. The molecule has 1 aromatic heterocycles. The molecule has 2 aromatic rings. The van der Waals surface area contributed by atoms with Crippen molar-refractivity contribution in [1.82, 2.24) is 25.8 Å². The lowest BCUT2D eigenvalue weighted by Gasteiger charge is -2.35. The van der Waals surface area contributed by atoms with Crippen LogP contribution in [0.5, 0.6) is 0 Å². The van der Waals surface area contributed by atoms with E-state index in [4.69, 9.17) is 0 Å². The molecule has 1 saturated heterocycles. The number of nitrogens with one attached hydrogen (secondary N) is 3. The molecule has 3 rings (SSSR count). The molecular weight excluding hydrogens is 466 g/mol. The van der Waals surface area contributed by atoms with Crippen LogP contribution in [-0.2, 0) is 20.9 Å². The van der Waals surface area contributed by atoms with Crippen LogP contribution in [-0.4, -0.2) is 71.0 Å². The van der Waals surface area contributed by atoms with Crippen molar-refractivity contribution in [2.24, 2.45) is 5.41 Å². The van der Waals surface area contributed by atoms with Crippen LogP contribution in [0.1, 0.15) is 38.4 Å². The van der Waals surface area contributed by atoms with Crippen LogP contribution < -0.4 is 16.0 Å². The Morgan fingerprint density at radius 2 is 1.91 bits per heavy atom. The van der Waals surface area contributed by atoms with Crippen LogP contribution in [0.4, 0.5) is 0 Å². The number of carbonyl (C=O) groups excluding carboxylic acids is 3. The molecule has 1 aromatic carbocycles. The smallest absolute Gasteiger partial charge is 0.246 e. The Bertz CT molecular complexity index is 1050. The highest BCUT2D eigenvalue weighted by molar-refractivity contribution is 7.13. The maximum absolute atomic E-state index is 13.4. The Labute approximate surface area is 210 Å². The summed E-state index contributed by atoms with van der Waals surface area (Å²) in [5.41, 5.74) is 4.22. The monoisotopic (exact) mass is 501 g/mol. The van der Waals surface area contributed by atoms with Gasteiger partial charge in [0.2, 0.25) is 17.7 Å². The standard InChI is InChI=1S/C25H35N5O4S/c1-15-21(35-14-28-15)17-8-6-16(7-9-17)11-27-23(33)19-10-18(31)13-30(19)24(34)22(25(2,3)4)29-20(32)12-26-5/h6-9,14,18-19,22,26,31H,10-13H2,1-5H3,(H,27,33)(H,29,32)/t18-,19+,22-/m1/s1. The van der Waals surface area contributed by atoms with E-state index in [-0.39, 0.29) is 37.2 Å². The molecule has 2 heterocycles. The van der Waals surface area contributed by atoms with Crippen molar-refractivity contribution >= 4 is 29.1 Å². The fourth-order valence-corrected chi connectivity index (χ4v) is 4.96. The van der Waals surface area contributed by atoms with Gasteiger partial charge in [-0.3, -0.25) is 14.4 Å². The zero-order chi connectivity index (χ0) is 25.8. The van der Waals surface area contributed by atoms with Crippen LogP contribution in [0.3, 0.4) is 0 Å². The van der Waals surface area contributed by atoms with E-state index in [1.165, 1.54) is 4.90 Å². The summed E-state index contributed by atoms with van der Waals surface area (Å²) in [6.07, 6.45) is -0.645. The third kappa shape index (κ3) is 6.65. The van der Waals surface area contributed by atoms with Gasteiger partial charge in [0.25, 0.3) is 0 Å². The average Bonchev–Trinajstić information content (AvgIpc) is 3.40. The summed E-state index contributed by atoms with van der Waals surface area (Å²) in [5, 5.41) is 18.7. The number of likely N-dealkylation sites (tertiary alicyclic amines) is 1. The molecule has 190 valence electrons. The fraction of sp³-hybridized carbons (Fsp3) is 0.520. The number of aliphatic hydroxyl groups excluding tert-OH is 1. The van der Waals surface area contributed by atoms with Crippen molar-refractivity contribution in [3.8, 4) is 10.4 Å². The molecular formula is C25H35N5O4S. The van der Waals surface area contributed by atoms with E-state index in [1.807, 2.05) is 57.5 Å². The summed E-state index contributed by atoms with van der Waals surface area (Å²) in [6.45, 7) is 7.97. The summed E-state index contributed by atoms with van der Waals surface area (Å²) in [5.74, 6) is -1.01. The third-order valence-corrected chi connectivity index (χ3v) is 7.03. The Balaban J connectivity index is 1.67. The van der Waals surface area contributed by atoms with E-state index >= 15 is 0 Å². The number of aromatic nitrogens is 1. The summed E-state index contributed by atoms with van der Waals surface area (Å²) >= 11 is 1.59. The molecule has 1 aliphatic heterocycles. The fourth-order valence-electron chi connectivity index (χ4n) is 4.15. The van der Waals surface area contributed by atoms with Crippen LogP contribution in [0, 0.1) is 12.3 Å². The highest BCUT2D eigenvalue weighted by atomic mass is 32.1. The van der Waals surface area contributed by atoms with Gasteiger partial charge < -0.3 is 26.0 Å². The topological polar surface area (TPSA) is 124 Å². The van der Waals surface area contributed by atoms with Gasteiger partial charge >= 0.3 is 0 Å². The minimum atomic E-state index is -0.827. The maximum atomic E-state index is 13.4. The zero-order valence-electron chi connectivity index (χ0n) is 20.9. The average molecular weight is 502 g/mol. The second-order valence-corrected chi connectivity index (χ2v) is 10.8. The molecule has 3 atom stereocenters. The highest BCUT2D eigenvalue weighted by Gasteiger charge is 2.44. The van der Waals surface area contributed by atoms with E-state index in [9.17, 15) is 19.5 Å². The summed E-state index contributed by atoms with van der Waals surface area (Å²) < 4.78 is 0. The molecule has 0 radical (unpaired) electrons. The predicted octanol–water partition coefficient (Wildman–Crippen LogP) is 1.45. The largest absolute Gasteiger partial charge is 0.391 e. The Kier molecular flexibility index (Phi) is 8.63. The van der Waals surface area contributed by atoms with E-state index in [1.54, 1.807) is 18.4 Å². The van der Waals surface area contributed by atoms with Crippen molar-refractivity contribution in [2.75, 3.05) is 20.1 Å². The minimum absolute atomic E-state index is 0.0499. The first-order chi connectivity index (χ1) is 16.5. The first kappa shape index (κ1) is 26.8. The Morgan fingerprint density at radius 1 is 1.23 bits per heavy atom. The summed E-state index contributed by atoms with van der Waals surface area (Å²) in [6, 6.07) is 6.27. The number of benzene rings is 1. The van der Waals surface area contributed by atoms with Crippen molar-refractivity contribution in [3.05, 3.63) is 41.0 Å². The van der Waals surface area contributed by atoms with Gasteiger partial charge in [-0.2, -0.15) is 0 Å². The second-order valence-electron chi connectivity index (χ2n) is 9.97. The quantitative estimate of drug-likeness (QED) is 0.434. The lowest BCUT2D eigenvalue weighted by molar-refractivity contribution is -0.143. The van der Waals surface area contributed by atoms with Gasteiger partial charge in [-0.15, -0.1) is 11.3 Å². The highest BCUT2D eigenvalue weighted by Crippen LogP contribution is 2.28. The molecule has 1 fully saturated rings. The van der Waals surface area contributed by atoms with Crippen molar-refractivity contribution in [1.29, 1.82) is 0 Å². The van der Waals surface area contributed by atoms with Gasteiger partial charge in [0.05, 0.1) is 28.7 Å². The molecule has 1 aliphatic rings. The number of likely N-dealkylation sites (N-methyl/N-ethyl adjacent to an activating group) is 1. The van der Waals surface area contributed by atoms with Crippen LogP contribution >= 0.6 is 11.3 Å². The summed E-state index contributed by atoms with van der Waals surface area (Å²) in [7, 11) is 1.65. The number of aryl methyl sites for hydroxylation is 1. The first-order valence-corrected chi connectivity index (χ1v) is 12.6. The van der Waals surface area contributed by atoms with Crippen molar-refractivity contribution in [2.45, 2.75) is 58.8 Å². The van der Waals surface area contributed by atoms with Gasteiger partial charge in [0.15, 0.2) is 0 Å². The number of rotatable bonds is 8. The van der Waals surface area contributed by atoms with E-state index in [2.05, 4.69) is 20.9 Å². The number of hydrogen-bond acceptors (Lipinski definition) is 7. The molecule has 9 nitrogen and oxygen atoms in total. The lowest BCUT2D eigenvalue weighted by atomic mass is 9.85. The molecule has 0 aliphatic carbocycles. The van der Waals surface area contributed by atoms with Crippen LogP contribution in [0.2, 0.25) is 0 Å².